The number of nitrogens with one attached hydrogen (secondary N) is 2. The Labute approximate surface area is 184 Å². The molecule has 152 valence electrons. The number of H-pyrrole nitrogens is 1. The van der Waals surface area contributed by atoms with Gasteiger partial charge >= 0.3 is 0 Å². The van der Waals surface area contributed by atoms with Gasteiger partial charge in [0.05, 0.1) is 20.3 Å². The molecule has 0 spiro atoms. The number of aromatic nitrogens is 1. The number of methoxy groups -OCH3 is 2. The number of ether oxygens (including phenoxy) is 2. The molecule has 4 aromatic rings. The number of hydrogen-bond acceptors (Lipinski definition) is 3. The van der Waals surface area contributed by atoms with Gasteiger partial charge in [-0.2, -0.15) is 0 Å². The van der Waals surface area contributed by atoms with Crippen LogP contribution in [0.4, 0.5) is 0 Å². The number of benzene rings is 3. The highest BCUT2D eigenvalue weighted by atomic mass is 79.9. The van der Waals surface area contributed by atoms with Gasteiger partial charge in [-0.25, -0.2) is 0 Å². The van der Waals surface area contributed by atoms with Crippen molar-refractivity contribution in [2.75, 3.05) is 20.8 Å². The van der Waals surface area contributed by atoms with Gasteiger partial charge in [0, 0.05) is 38.7 Å². The summed E-state index contributed by atoms with van der Waals surface area (Å²) in [5.74, 6) is 1.68. The van der Waals surface area contributed by atoms with Crippen LogP contribution in [0.25, 0.3) is 22.0 Å². The molecule has 5 rings (SSSR count). The highest BCUT2D eigenvalue weighted by Crippen LogP contribution is 2.42. The summed E-state index contributed by atoms with van der Waals surface area (Å²) in [5, 5.41) is 4.95. The van der Waals surface area contributed by atoms with Crippen molar-refractivity contribution in [1.29, 1.82) is 0 Å². The number of fused-ring (bicyclic) bond motifs is 3. The Morgan fingerprint density at radius 3 is 2.50 bits per heavy atom. The van der Waals surface area contributed by atoms with Gasteiger partial charge in [0.1, 0.15) is 11.5 Å². The Hall–Kier alpha value is -2.76. The van der Waals surface area contributed by atoms with Crippen LogP contribution in [-0.2, 0) is 6.42 Å². The van der Waals surface area contributed by atoms with Gasteiger partial charge in [-0.3, -0.25) is 0 Å². The molecule has 0 saturated heterocycles. The molecular formula is C25H23BrN2O2. The number of aromatic amines is 1. The molecule has 1 unspecified atom stereocenters. The standard InChI is InChI=1S/C25H23BrN2O2/c1-29-22-14-20(23(30-2)13-18(22)15-6-4-3-5-7-15)24-25-17(10-11-27-24)19-12-16(26)8-9-21(19)28-25/h3-9,12-14,24,27-28H,10-11H2,1-2H3. The first kappa shape index (κ1) is 19.2. The van der Waals surface area contributed by atoms with E-state index in [2.05, 4.69) is 68.7 Å². The van der Waals surface area contributed by atoms with E-state index in [0.29, 0.717) is 0 Å². The van der Waals surface area contributed by atoms with Gasteiger partial charge in [-0.05, 0) is 47.9 Å². The monoisotopic (exact) mass is 462 g/mol. The summed E-state index contributed by atoms with van der Waals surface area (Å²) in [6.07, 6.45) is 0.990. The van der Waals surface area contributed by atoms with Crippen LogP contribution in [0, 0.1) is 0 Å². The van der Waals surface area contributed by atoms with Gasteiger partial charge in [0.25, 0.3) is 0 Å². The van der Waals surface area contributed by atoms with E-state index >= 15 is 0 Å². The molecule has 0 aliphatic carbocycles. The van der Waals surface area contributed by atoms with Gasteiger partial charge < -0.3 is 19.8 Å². The lowest BCUT2D eigenvalue weighted by Crippen LogP contribution is -2.30. The first-order chi connectivity index (χ1) is 14.7. The molecule has 0 bridgehead atoms. The van der Waals surface area contributed by atoms with E-state index in [-0.39, 0.29) is 6.04 Å². The molecule has 4 nitrogen and oxygen atoms in total. The predicted octanol–water partition coefficient (Wildman–Crippen LogP) is 5.85. The molecule has 0 amide bonds. The van der Waals surface area contributed by atoms with E-state index in [1.165, 1.54) is 16.6 Å². The van der Waals surface area contributed by atoms with Crippen molar-refractivity contribution < 1.29 is 9.47 Å². The Morgan fingerprint density at radius 2 is 1.73 bits per heavy atom. The lowest BCUT2D eigenvalue weighted by molar-refractivity contribution is 0.393. The maximum atomic E-state index is 5.85. The topological polar surface area (TPSA) is 46.3 Å². The summed E-state index contributed by atoms with van der Waals surface area (Å²) in [7, 11) is 3.45. The summed E-state index contributed by atoms with van der Waals surface area (Å²) in [5.41, 5.74) is 6.91. The Bertz CT molecular complexity index is 1220. The summed E-state index contributed by atoms with van der Waals surface area (Å²) in [6.45, 7) is 0.906. The first-order valence-corrected chi connectivity index (χ1v) is 10.8. The van der Waals surface area contributed by atoms with Crippen molar-refractivity contribution in [2.45, 2.75) is 12.5 Å². The molecule has 0 saturated carbocycles. The fourth-order valence-corrected chi connectivity index (χ4v) is 4.82. The molecular weight excluding hydrogens is 440 g/mol. The third-order valence-corrected chi connectivity index (χ3v) is 6.35. The minimum Gasteiger partial charge on any atom is -0.496 e. The lowest BCUT2D eigenvalue weighted by Gasteiger charge is -2.27. The quantitative estimate of drug-likeness (QED) is 0.399. The van der Waals surface area contributed by atoms with Gasteiger partial charge in [0.2, 0.25) is 0 Å². The van der Waals surface area contributed by atoms with Crippen LogP contribution in [0.2, 0.25) is 0 Å². The molecule has 30 heavy (non-hydrogen) atoms. The smallest absolute Gasteiger partial charge is 0.127 e. The molecule has 0 radical (unpaired) electrons. The van der Waals surface area contributed by atoms with Crippen molar-refractivity contribution in [3.05, 3.63) is 82.0 Å². The highest BCUT2D eigenvalue weighted by Gasteiger charge is 2.28. The van der Waals surface area contributed by atoms with Crippen molar-refractivity contribution in [1.82, 2.24) is 10.3 Å². The fraction of sp³-hybridized carbons (Fsp3) is 0.200. The van der Waals surface area contributed by atoms with Gasteiger partial charge in [-0.1, -0.05) is 46.3 Å². The average molecular weight is 463 g/mol. The van der Waals surface area contributed by atoms with Crippen molar-refractivity contribution >= 4 is 26.8 Å². The molecule has 5 heteroatoms. The van der Waals surface area contributed by atoms with E-state index in [4.69, 9.17) is 9.47 Å². The Morgan fingerprint density at radius 1 is 0.933 bits per heavy atom. The second kappa shape index (κ2) is 7.82. The van der Waals surface area contributed by atoms with E-state index < -0.39 is 0 Å². The lowest BCUT2D eigenvalue weighted by atomic mass is 9.92. The summed E-state index contributed by atoms with van der Waals surface area (Å²) in [6, 6.07) is 20.9. The van der Waals surface area contributed by atoms with E-state index in [1.54, 1.807) is 14.2 Å². The third kappa shape index (κ3) is 3.18. The number of halogens is 1. The van der Waals surface area contributed by atoms with E-state index in [0.717, 1.165) is 51.1 Å². The zero-order chi connectivity index (χ0) is 20.7. The minimum absolute atomic E-state index is 0.00796. The molecule has 2 heterocycles. The second-order valence-corrected chi connectivity index (χ2v) is 8.42. The molecule has 1 atom stereocenters. The maximum absolute atomic E-state index is 5.85. The average Bonchev–Trinajstić information content (AvgIpc) is 3.16. The first-order valence-electron chi connectivity index (χ1n) is 10.0. The zero-order valence-electron chi connectivity index (χ0n) is 17.0. The molecule has 1 aliphatic heterocycles. The molecule has 3 aromatic carbocycles. The predicted molar refractivity (Wildman–Crippen MR) is 125 cm³/mol. The van der Waals surface area contributed by atoms with Crippen molar-refractivity contribution in [2.24, 2.45) is 0 Å². The minimum atomic E-state index is 0.00796. The highest BCUT2D eigenvalue weighted by molar-refractivity contribution is 9.10. The van der Waals surface area contributed by atoms with Gasteiger partial charge in [-0.15, -0.1) is 0 Å². The molecule has 0 fully saturated rings. The van der Waals surface area contributed by atoms with Crippen LogP contribution >= 0.6 is 15.9 Å². The maximum Gasteiger partial charge on any atom is 0.127 e. The van der Waals surface area contributed by atoms with Crippen LogP contribution in [0.5, 0.6) is 11.5 Å². The SMILES string of the molecule is COc1cc(C2NCCc3c2[nH]c2ccc(Br)cc32)c(OC)cc1-c1ccccc1. The van der Waals surface area contributed by atoms with Crippen LogP contribution in [0.1, 0.15) is 22.9 Å². The largest absolute Gasteiger partial charge is 0.496 e. The molecule has 1 aromatic heterocycles. The Kier molecular flexibility index (Phi) is 5.01. The fourth-order valence-electron chi connectivity index (χ4n) is 4.46. The molecule has 2 N–H and O–H groups in total. The summed E-state index contributed by atoms with van der Waals surface area (Å²) >= 11 is 3.61. The summed E-state index contributed by atoms with van der Waals surface area (Å²) in [4.78, 5) is 3.65. The van der Waals surface area contributed by atoms with Crippen molar-refractivity contribution in [3.8, 4) is 22.6 Å². The van der Waals surface area contributed by atoms with Crippen molar-refractivity contribution in [3.63, 3.8) is 0 Å². The van der Waals surface area contributed by atoms with Crippen LogP contribution < -0.4 is 14.8 Å². The molecule has 1 aliphatic rings. The van der Waals surface area contributed by atoms with Crippen LogP contribution in [0.3, 0.4) is 0 Å². The second-order valence-electron chi connectivity index (χ2n) is 7.50. The Balaban J connectivity index is 1.67. The van der Waals surface area contributed by atoms with Gasteiger partial charge in [0.15, 0.2) is 0 Å². The zero-order valence-corrected chi connectivity index (χ0v) is 18.5. The van der Waals surface area contributed by atoms with Crippen LogP contribution in [-0.4, -0.2) is 25.7 Å². The summed E-state index contributed by atoms with van der Waals surface area (Å²) < 4.78 is 12.7. The number of hydrogen-bond donors (Lipinski definition) is 2. The normalized spacial score (nSPS) is 15.8. The van der Waals surface area contributed by atoms with E-state index in [9.17, 15) is 0 Å². The number of rotatable bonds is 4. The van der Waals surface area contributed by atoms with Crippen LogP contribution in [0.15, 0.2) is 65.1 Å². The van der Waals surface area contributed by atoms with E-state index in [1.807, 2.05) is 18.2 Å². The third-order valence-electron chi connectivity index (χ3n) is 5.86.